The molecule has 0 radical (unpaired) electrons. The van der Waals surface area contributed by atoms with Crippen molar-refractivity contribution in [3.05, 3.63) is 101 Å². The molecule has 0 aromatic heterocycles. The van der Waals surface area contributed by atoms with Crippen LogP contribution in [0.1, 0.15) is 43.4 Å². The first-order valence-electron chi connectivity index (χ1n) is 10.9. The molecule has 180 valence electrons. The second kappa shape index (κ2) is 10.5. The Morgan fingerprint density at radius 2 is 1.53 bits per heavy atom. The van der Waals surface area contributed by atoms with Crippen molar-refractivity contribution in [1.82, 2.24) is 5.32 Å². The summed E-state index contributed by atoms with van der Waals surface area (Å²) in [4.78, 5) is 13.1. The van der Waals surface area contributed by atoms with Crippen molar-refractivity contribution >= 4 is 17.5 Å². The number of carbonyl (C=O) groups excluding carboxylic acids is 1. The van der Waals surface area contributed by atoms with E-state index in [1.165, 1.54) is 12.1 Å². The van der Waals surface area contributed by atoms with Gasteiger partial charge in [0, 0.05) is 17.0 Å². The first-order valence-corrected chi connectivity index (χ1v) is 11.3. The molecule has 3 aromatic rings. The highest BCUT2D eigenvalue weighted by atomic mass is 35.5. The molecule has 0 aliphatic rings. The molecule has 0 bridgehead atoms. The summed E-state index contributed by atoms with van der Waals surface area (Å²) < 4.78 is 44.7. The second-order valence-electron chi connectivity index (χ2n) is 8.74. The molecule has 3 rings (SSSR count). The van der Waals surface area contributed by atoms with Crippen LogP contribution >= 0.6 is 11.6 Å². The van der Waals surface area contributed by atoms with Crippen LogP contribution in [0.5, 0.6) is 5.75 Å². The van der Waals surface area contributed by atoms with Gasteiger partial charge in [0.2, 0.25) is 0 Å². The maximum absolute atomic E-state index is 13.1. The summed E-state index contributed by atoms with van der Waals surface area (Å²) in [5.41, 5.74) is -0.112. The standard InChI is InChI=1S/C27H27ClF3NO2/c1-18(32-25(33)26(2,3)34-23-15-13-22(28)14-16-23)24(20-7-5-4-6-8-20)17-19-9-11-21(12-10-19)27(29,30)31/h4-16,18,24H,17H2,1-3H3,(H,32,33)/t18-,24+/m1/s1. The molecule has 0 spiro atoms. The van der Waals surface area contributed by atoms with Crippen molar-refractivity contribution in [3.63, 3.8) is 0 Å². The molecule has 0 fully saturated rings. The molecule has 0 heterocycles. The Kier molecular flexibility index (Phi) is 7.93. The Hall–Kier alpha value is -2.99. The zero-order chi connectivity index (χ0) is 24.9. The monoisotopic (exact) mass is 489 g/mol. The zero-order valence-corrected chi connectivity index (χ0v) is 20.0. The van der Waals surface area contributed by atoms with Crippen molar-refractivity contribution in [2.75, 3.05) is 0 Å². The van der Waals surface area contributed by atoms with Crippen LogP contribution in [0, 0.1) is 0 Å². The van der Waals surface area contributed by atoms with Gasteiger partial charge in [0.25, 0.3) is 5.91 Å². The fraction of sp³-hybridized carbons (Fsp3) is 0.296. The predicted molar refractivity (Wildman–Crippen MR) is 128 cm³/mol. The maximum Gasteiger partial charge on any atom is 0.416 e. The van der Waals surface area contributed by atoms with Crippen molar-refractivity contribution < 1.29 is 22.7 Å². The van der Waals surface area contributed by atoms with Crippen LogP contribution in [-0.2, 0) is 17.4 Å². The van der Waals surface area contributed by atoms with E-state index in [-0.39, 0.29) is 17.9 Å². The van der Waals surface area contributed by atoms with Crippen LogP contribution in [0.4, 0.5) is 13.2 Å². The van der Waals surface area contributed by atoms with Crippen molar-refractivity contribution in [3.8, 4) is 5.75 Å². The van der Waals surface area contributed by atoms with E-state index in [1.807, 2.05) is 37.3 Å². The maximum atomic E-state index is 13.1. The number of rotatable bonds is 8. The number of nitrogens with one attached hydrogen (secondary N) is 1. The van der Waals surface area contributed by atoms with E-state index >= 15 is 0 Å². The molecule has 1 amide bonds. The van der Waals surface area contributed by atoms with Crippen LogP contribution in [0.25, 0.3) is 0 Å². The van der Waals surface area contributed by atoms with Crippen molar-refractivity contribution in [2.24, 2.45) is 0 Å². The molecular formula is C27H27ClF3NO2. The predicted octanol–water partition coefficient (Wildman–Crippen LogP) is 7.05. The second-order valence-corrected chi connectivity index (χ2v) is 9.18. The van der Waals surface area contributed by atoms with E-state index in [0.717, 1.165) is 23.3 Å². The van der Waals surface area contributed by atoms with Crippen molar-refractivity contribution in [2.45, 2.75) is 50.9 Å². The first kappa shape index (κ1) is 25.6. The highest BCUT2D eigenvalue weighted by Crippen LogP contribution is 2.31. The first-order chi connectivity index (χ1) is 16.0. The molecule has 2 atom stereocenters. The summed E-state index contributed by atoms with van der Waals surface area (Å²) in [6, 6.07) is 21.2. The number of hydrogen-bond acceptors (Lipinski definition) is 2. The Bertz CT molecular complexity index is 1080. The summed E-state index contributed by atoms with van der Waals surface area (Å²) in [7, 11) is 0. The minimum atomic E-state index is -4.38. The quantitative estimate of drug-likeness (QED) is 0.368. The minimum Gasteiger partial charge on any atom is -0.478 e. The van der Waals surface area contributed by atoms with Gasteiger partial charge in [-0.3, -0.25) is 4.79 Å². The number of carbonyl (C=O) groups is 1. The lowest BCUT2D eigenvalue weighted by Crippen LogP contribution is -2.51. The zero-order valence-electron chi connectivity index (χ0n) is 19.2. The van der Waals surface area contributed by atoms with Gasteiger partial charge in [0.05, 0.1) is 5.56 Å². The van der Waals surface area contributed by atoms with Gasteiger partial charge in [-0.05, 0) is 74.7 Å². The Labute approximate surface area is 202 Å². The SMILES string of the molecule is C[C@@H](NC(=O)C(C)(C)Oc1ccc(Cl)cc1)[C@H](Cc1ccc(C(F)(F)F)cc1)c1ccccc1. The van der Waals surface area contributed by atoms with Gasteiger partial charge >= 0.3 is 6.18 Å². The number of alkyl halides is 3. The number of benzene rings is 3. The van der Waals surface area contributed by atoms with Gasteiger partial charge in [-0.15, -0.1) is 0 Å². The molecule has 0 aliphatic heterocycles. The molecule has 7 heteroatoms. The normalized spacial score (nSPS) is 13.7. The Morgan fingerprint density at radius 1 is 0.941 bits per heavy atom. The lowest BCUT2D eigenvalue weighted by Gasteiger charge is -2.31. The largest absolute Gasteiger partial charge is 0.478 e. The van der Waals surface area contributed by atoms with Crippen LogP contribution in [0.3, 0.4) is 0 Å². The third kappa shape index (κ3) is 6.76. The minimum absolute atomic E-state index is 0.159. The van der Waals surface area contributed by atoms with Crippen LogP contribution < -0.4 is 10.1 Å². The number of ether oxygens (including phenoxy) is 1. The smallest absolute Gasteiger partial charge is 0.416 e. The summed E-state index contributed by atoms with van der Waals surface area (Å²) in [5.74, 6) is 0.0538. The van der Waals surface area contributed by atoms with Crippen LogP contribution in [-0.4, -0.2) is 17.6 Å². The lowest BCUT2D eigenvalue weighted by molar-refractivity contribution is -0.137. The molecule has 0 saturated heterocycles. The molecule has 0 unspecified atom stereocenters. The fourth-order valence-electron chi connectivity index (χ4n) is 3.69. The number of halogens is 4. The lowest BCUT2D eigenvalue weighted by atomic mass is 9.86. The summed E-state index contributed by atoms with van der Waals surface area (Å²) in [6.45, 7) is 5.24. The number of amides is 1. The van der Waals surface area contributed by atoms with Gasteiger partial charge in [0.15, 0.2) is 5.60 Å². The molecule has 0 aliphatic carbocycles. The fourth-order valence-corrected chi connectivity index (χ4v) is 3.82. The number of hydrogen-bond donors (Lipinski definition) is 1. The van der Waals surface area contributed by atoms with Gasteiger partial charge in [-0.25, -0.2) is 0 Å². The Morgan fingerprint density at radius 3 is 2.09 bits per heavy atom. The van der Waals surface area contributed by atoms with E-state index in [0.29, 0.717) is 17.2 Å². The summed E-state index contributed by atoms with van der Waals surface area (Å²) >= 11 is 5.91. The molecule has 34 heavy (non-hydrogen) atoms. The van der Waals surface area contributed by atoms with Crippen molar-refractivity contribution in [1.29, 1.82) is 0 Å². The van der Waals surface area contributed by atoms with E-state index < -0.39 is 17.3 Å². The topological polar surface area (TPSA) is 38.3 Å². The van der Waals surface area contributed by atoms with Crippen LogP contribution in [0.15, 0.2) is 78.9 Å². The average molecular weight is 490 g/mol. The summed E-state index contributed by atoms with van der Waals surface area (Å²) in [5, 5.41) is 3.60. The van der Waals surface area contributed by atoms with E-state index in [9.17, 15) is 18.0 Å². The third-order valence-corrected chi connectivity index (χ3v) is 5.91. The van der Waals surface area contributed by atoms with E-state index in [2.05, 4.69) is 5.32 Å². The molecule has 0 saturated carbocycles. The van der Waals surface area contributed by atoms with Gasteiger partial charge in [0.1, 0.15) is 5.75 Å². The summed E-state index contributed by atoms with van der Waals surface area (Å²) in [6.07, 6.45) is -3.92. The van der Waals surface area contributed by atoms with E-state index in [1.54, 1.807) is 38.1 Å². The highest BCUT2D eigenvalue weighted by molar-refractivity contribution is 6.30. The van der Waals surface area contributed by atoms with E-state index in [4.69, 9.17) is 16.3 Å². The third-order valence-electron chi connectivity index (χ3n) is 5.66. The van der Waals surface area contributed by atoms with Gasteiger partial charge in [-0.1, -0.05) is 54.1 Å². The van der Waals surface area contributed by atoms with Gasteiger partial charge < -0.3 is 10.1 Å². The molecular weight excluding hydrogens is 463 g/mol. The Balaban J connectivity index is 1.76. The molecule has 3 nitrogen and oxygen atoms in total. The molecule has 3 aromatic carbocycles. The highest BCUT2D eigenvalue weighted by Gasteiger charge is 2.33. The van der Waals surface area contributed by atoms with Gasteiger partial charge in [-0.2, -0.15) is 13.2 Å². The average Bonchev–Trinajstić information content (AvgIpc) is 2.79. The molecule has 1 N–H and O–H groups in total. The van der Waals surface area contributed by atoms with Crippen LogP contribution in [0.2, 0.25) is 5.02 Å².